The molecule has 0 amide bonds. The van der Waals surface area contributed by atoms with Gasteiger partial charge in [0.25, 0.3) is 0 Å². The molecule has 0 bridgehead atoms. The number of carbonyl (C=O) groups is 2. The number of esters is 2. The van der Waals surface area contributed by atoms with Crippen LogP contribution in [0.1, 0.15) is 18.9 Å². The van der Waals surface area contributed by atoms with Crippen LogP contribution in [0.3, 0.4) is 0 Å². The van der Waals surface area contributed by atoms with E-state index in [0.717, 1.165) is 5.56 Å². The van der Waals surface area contributed by atoms with E-state index in [1.54, 1.807) is 25.1 Å². The minimum atomic E-state index is -1.30. The number of carbonyl (C=O) groups excluding carboxylic acids is 2. The number of fused-ring (bicyclic) bond motifs is 1. The molecule has 0 saturated carbocycles. The van der Waals surface area contributed by atoms with E-state index >= 15 is 0 Å². The molecule has 0 aromatic heterocycles. The van der Waals surface area contributed by atoms with Gasteiger partial charge in [-0.1, -0.05) is 24.3 Å². The molecule has 0 aliphatic carbocycles. The molecule has 2 rings (SSSR count). The highest BCUT2D eigenvalue weighted by atomic mass is 16.6. The van der Waals surface area contributed by atoms with Crippen LogP contribution in [0.4, 0.5) is 0 Å². The highest BCUT2D eigenvalue weighted by Crippen LogP contribution is 2.39. The van der Waals surface area contributed by atoms with Gasteiger partial charge in [0.1, 0.15) is 5.75 Å². The predicted molar refractivity (Wildman–Crippen MR) is 69.7 cm³/mol. The van der Waals surface area contributed by atoms with Crippen molar-refractivity contribution in [1.29, 1.82) is 0 Å². The Kier molecular flexibility index (Phi) is 3.69. The normalized spacial score (nSPS) is 21.2. The Hall–Kier alpha value is -2.10. The molecule has 0 fully saturated rings. The van der Waals surface area contributed by atoms with Crippen molar-refractivity contribution in [2.45, 2.75) is 19.8 Å². The van der Waals surface area contributed by atoms with Crippen LogP contribution in [0, 0.1) is 5.41 Å². The molecule has 1 atom stereocenters. The third kappa shape index (κ3) is 2.26. The average molecular weight is 260 g/mol. The maximum atomic E-state index is 12.2. The Balaban J connectivity index is 2.42. The Morgan fingerprint density at radius 3 is 2.95 bits per heavy atom. The second kappa shape index (κ2) is 5.26. The maximum Gasteiger partial charge on any atom is 0.329 e. The Morgan fingerprint density at radius 1 is 1.53 bits per heavy atom. The summed E-state index contributed by atoms with van der Waals surface area (Å²) in [7, 11) is 0. The molecule has 0 radical (unpaired) electrons. The Labute approximate surface area is 112 Å². The number of hydrogen-bond acceptors (Lipinski definition) is 4. The lowest BCUT2D eigenvalue weighted by molar-refractivity contribution is -0.168. The molecule has 0 N–H and O–H groups in total. The molecular formula is C15H16O4. The fourth-order valence-electron chi connectivity index (χ4n) is 2.25. The lowest BCUT2D eigenvalue weighted by atomic mass is 9.77. The SMILES string of the molecule is C=CC[C@@]1(C(=O)OCC)Cc2ccccc2OC1=O. The second-order valence-corrected chi connectivity index (χ2v) is 4.47. The summed E-state index contributed by atoms with van der Waals surface area (Å²) >= 11 is 0. The first kappa shape index (κ1) is 13.3. The highest BCUT2D eigenvalue weighted by Gasteiger charge is 2.51. The van der Waals surface area contributed by atoms with Gasteiger partial charge in [-0.25, -0.2) is 0 Å². The molecule has 1 aromatic carbocycles. The van der Waals surface area contributed by atoms with E-state index in [2.05, 4.69) is 6.58 Å². The summed E-state index contributed by atoms with van der Waals surface area (Å²) in [4.78, 5) is 24.4. The largest absolute Gasteiger partial charge is 0.465 e. The van der Waals surface area contributed by atoms with Gasteiger partial charge in [-0.2, -0.15) is 0 Å². The van der Waals surface area contributed by atoms with Gasteiger partial charge in [0, 0.05) is 6.42 Å². The summed E-state index contributed by atoms with van der Waals surface area (Å²) in [6.45, 7) is 5.56. The van der Waals surface area contributed by atoms with Crippen LogP contribution in [0.25, 0.3) is 0 Å². The van der Waals surface area contributed by atoms with E-state index in [0.29, 0.717) is 5.75 Å². The second-order valence-electron chi connectivity index (χ2n) is 4.47. The van der Waals surface area contributed by atoms with Crippen molar-refractivity contribution in [3.63, 3.8) is 0 Å². The zero-order chi connectivity index (χ0) is 13.9. The lowest BCUT2D eigenvalue weighted by Gasteiger charge is -2.32. The maximum absolute atomic E-state index is 12.2. The van der Waals surface area contributed by atoms with Gasteiger partial charge in [0.05, 0.1) is 6.61 Å². The minimum absolute atomic E-state index is 0.207. The fraction of sp³-hybridized carbons (Fsp3) is 0.333. The van der Waals surface area contributed by atoms with E-state index in [9.17, 15) is 9.59 Å². The van der Waals surface area contributed by atoms with Gasteiger partial charge >= 0.3 is 11.9 Å². The molecule has 4 nitrogen and oxygen atoms in total. The summed E-state index contributed by atoms with van der Waals surface area (Å²) < 4.78 is 10.3. The first-order valence-corrected chi connectivity index (χ1v) is 6.22. The Bertz CT molecular complexity index is 521. The van der Waals surface area contributed by atoms with Gasteiger partial charge in [0.15, 0.2) is 5.41 Å². The monoisotopic (exact) mass is 260 g/mol. The van der Waals surface area contributed by atoms with Crippen LogP contribution in [0.5, 0.6) is 5.75 Å². The number of para-hydroxylation sites is 1. The van der Waals surface area contributed by atoms with Crippen molar-refractivity contribution < 1.29 is 19.1 Å². The van der Waals surface area contributed by atoms with Crippen LogP contribution in [0.2, 0.25) is 0 Å². The van der Waals surface area contributed by atoms with E-state index in [1.165, 1.54) is 0 Å². The molecule has 1 aliphatic heterocycles. The molecule has 0 unspecified atom stereocenters. The van der Waals surface area contributed by atoms with Crippen LogP contribution in [0.15, 0.2) is 36.9 Å². The van der Waals surface area contributed by atoms with Gasteiger partial charge in [-0.15, -0.1) is 6.58 Å². The molecule has 1 aliphatic rings. The predicted octanol–water partition coefficient (Wildman–Crippen LogP) is 2.27. The number of rotatable bonds is 4. The number of allylic oxidation sites excluding steroid dienone is 1. The number of benzene rings is 1. The number of hydrogen-bond donors (Lipinski definition) is 0. The third-order valence-corrected chi connectivity index (χ3v) is 3.22. The molecule has 0 saturated heterocycles. The first-order valence-electron chi connectivity index (χ1n) is 6.22. The molecule has 19 heavy (non-hydrogen) atoms. The van der Waals surface area contributed by atoms with E-state index in [4.69, 9.17) is 9.47 Å². The molecular weight excluding hydrogens is 244 g/mol. The summed E-state index contributed by atoms with van der Waals surface area (Å²) in [6.07, 6.45) is 2.04. The van der Waals surface area contributed by atoms with Crippen LogP contribution in [-0.4, -0.2) is 18.5 Å². The van der Waals surface area contributed by atoms with Gasteiger partial charge in [-0.3, -0.25) is 9.59 Å². The van der Waals surface area contributed by atoms with E-state index in [1.807, 2.05) is 12.1 Å². The first-order chi connectivity index (χ1) is 9.14. The zero-order valence-corrected chi connectivity index (χ0v) is 10.8. The van der Waals surface area contributed by atoms with Gasteiger partial charge in [-0.05, 0) is 25.0 Å². The standard InChI is InChI=1S/C15H16O4/c1-3-9-15(13(16)18-4-2)10-11-7-5-6-8-12(11)19-14(15)17/h3,5-8H,1,4,9-10H2,2H3/t15-/m0/s1. The zero-order valence-electron chi connectivity index (χ0n) is 10.8. The van der Waals surface area contributed by atoms with Gasteiger partial charge < -0.3 is 9.47 Å². The summed E-state index contributed by atoms with van der Waals surface area (Å²) in [5.74, 6) is -0.601. The van der Waals surface area contributed by atoms with E-state index in [-0.39, 0.29) is 19.4 Å². The summed E-state index contributed by atoms with van der Waals surface area (Å²) in [6, 6.07) is 7.20. The topological polar surface area (TPSA) is 52.6 Å². The summed E-state index contributed by atoms with van der Waals surface area (Å²) in [5.41, 5.74) is -0.469. The summed E-state index contributed by atoms with van der Waals surface area (Å²) in [5, 5.41) is 0. The molecule has 0 spiro atoms. The molecule has 4 heteroatoms. The molecule has 100 valence electrons. The van der Waals surface area contributed by atoms with Crippen LogP contribution in [-0.2, 0) is 20.7 Å². The highest BCUT2D eigenvalue weighted by molar-refractivity contribution is 6.02. The molecule has 1 aromatic rings. The van der Waals surface area contributed by atoms with Crippen molar-refractivity contribution in [2.75, 3.05) is 6.61 Å². The quantitative estimate of drug-likeness (QED) is 0.361. The van der Waals surface area contributed by atoms with Crippen LogP contribution >= 0.6 is 0 Å². The fourth-order valence-corrected chi connectivity index (χ4v) is 2.25. The van der Waals surface area contributed by atoms with Crippen molar-refractivity contribution in [3.8, 4) is 5.75 Å². The number of ether oxygens (including phenoxy) is 2. The lowest BCUT2D eigenvalue weighted by Crippen LogP contribution is -2.47. The van der Waals surface area contributed by atoms with Crippen molar-refractivity contribution in [2.24, 2.45) is 5.41 Å². The minimum Gasteiger partial charge on any atom is -0.465 e. The third-order valence-electron chi connectivity index (χ3n) is 3.22. The van der Waals surface area contributed by atoms with Gasteiger partial charge in [0.2, 0.25) is 0 Å². The van der Waals surface area contributed by atoms with Crippen molar-refractivity contribution in [1.82, 2.24) is 0 Å². The molecule has 1 heterocycles. The van der Waals surface area contributed by atoms with Crippen molar-refractivity contribution in [3.05, 3.63) is 42.5 Å². The smallest absolute Gasteiger partial charge is 0.329 e. The Morgan fingerprint density at radius 2 is 2.26 bits per heavy atom. The average Bonchev–Trinajstić information content (AvgIpc) is 2.40. The van der Waals surface area contributed by atoms with E-state index < -0.39 is 17.4 Å². The van der Waals surface area contributed by atoms with Crippen LogP contribution < -0.4 is 4.74 Å². The van der Waals surface area contributed by atoms with Crippen molar-refractivity contribution >= 4 is 11.9 Å².